The van der Waals surface area contributed by atoms with Crippen molar-refractivity contribution in [2.75, 3.05) is 27.2 Å². The van der Waals surface area contributed by atoms with Crippen LogP contribution in [0.3, 0.4) is 0 Å². The molecule has 2 aromatic rings. The van der Waals surface area contributed by atoms with E-state index in [-0.39, 0.29) is 17.7 Å². The van der Waals surface area contributed by atoms with E-state index in [0.29, 0.717) is 25.4 Å². The molecule has 1 aliphatic rings. The van der Waals surface area contributed by atoms with Crippen LogP contribution in [0.15, 0.2) is 47.1 Å². The van der Waals surface area contributed by atoms with Crippen LogP contribution >= 0.6 is 0 Å². The van der Waals surface area contributed by atoms with Crippen molar-refractivity contribution in [1.82, 2.24) is 9.80 Å². The summed E-state index contributed by atoms with van der Waals surface area (Å²) in [5, 5.41) is 0. The molecule has 2 heterocycles. The number of carbonyl (C=O) groups excluding carboxylic acids is 2. The van der Waals surface area contributed by atoms with Crippen LogP contribution in [0.4, 0.5) is 0 Å². The molecule has 26 heavy (non-hydrogen) atoms. The number of para-hydroxylation sites is 1. The van der Waals surface area contributed by atoms with E-state index in [0.717, 1.165) is 24.2 Å². The molecule has 0 saturated carbocycles. The van der Waals surface area contributed by atoms with Gasteiger partial charge in [0.1, 0.15) is 5.75 Å². The molecule has 0 radical (unpaired) electrons. The average molecular weight is 356 g/mol. The molecule has 2 amide bonds. The highest BCUT2D eigenvalue weighted by atomic mass is 16.5. The summed E-state index contributed by atoms with van der Waals surface area (Å²) >= 11 is 0. The lowest BCUT2D eigenvalue weighted by Gasteiger charge is -2.33. The third-order valence-corrected chi connectivity index (χ3v) is 4.77. The van der Waals surface area contributed by atoms with Gasteiger partial charge in [0.05, 0.1) is 19.3 Å². The van der Waals surface area contributed by atoms with E-state index in [1.165, 1.54) is 6.26 Å². The number of piperidine rings is 1. The van der Waals surface area contributed by atoms with Gasteiger partial charge in [-0.25, -0.2) is 0 Å². The number of carbonyl (C=O) groups is 2. The Hall–Kier alpha value is -2.76. The van der Waals surface area contributed by atoms with E-state index < -0.39 is 0 Å². The van der Waals surface area contributed by atoms with Crippen molar-refractivity contribution in [3.05, 3.63) is 54.0 Å². The van der Waals surface area contributed by atoms with Crippen LogP contribution in [0.25, 0.3) is 0 Å². The first-order valence-corrected chi connectivity index (χ1v) is 8.79. The zero-order chi connectivity index (χ0) is 18.5. The number of hydrogen-bond donors (Lipinski definition) is 0. The third kappa shape index (κ3) is 3.90. The van der Waals surface area contributed by atoms with E-state index in [9.17, 15) is 9.59 Å². The summed E-state index contributed by atoms with van der Waals surface area (Å²) in [7, 11) is 3.42. The number of rotatable bonds is 5. The van der Waals surface area contributed by atoms with Gasteiger partial charge in [0.15, 0.2) is 5.76 Å². The molecule has 1 aromatic carbocycles. The number of hydrogen-bond acceptors (Lipinski definition) is 4. The van der Waals surface area contributed by atoms with Crippen molar-refractivity contribution in [2.45, 2.75) is 19.4 Å². The number of nitrogens with zero attached hydrogens (tertiary/aromatic N) is 2. The second kappa shape index (κ2) is 8.08. The van der Waals surface area contributed by atoms with Gasteiger partial charge in [-0.3, -0.25) is 9.59 Å². The Balaban J connectivity index is 1.64. The highest BCUT2D eigenvalue weighted by Gasteiger charge is 2.31. The van der Waals surface area contributed by atoms with Crippen molar-refractivity contribution in [2.24, 2.45) is 5.92 Å². The van der Waals surface area contributed by atoms with Crippen molar-refractivity contribution >= 4 is 11.8 Å². The van der Waals surface area contributed by atoms with Gasteiger partial charge in [-0.1, -0.05) is 18.2 Å². The monoisotopic (exact) mass is 356 g/mol. The topological polar surface area (TPSA) is 63.0 Å². The van der Waals surface area contributed by atoms with Crippen LogP contribution < -0.4 is 4.74 Å². The Kier molecular flexibility index (Phi) is 5.61. The van der Waals surface area contributed by atoms with Crippen molar-refractivity contribution in [3.8, 4) is 5.75 Å². The quantitative estimate of drug-likeness (QED) is 0.826. The lowest BCUT2D eigenvalue weighted by molar-refractivity contribution is -0.136. The van der Waals surface area contributed by atoms with Gasteiger partial charge < -0.3 is 19.0 Å². The zero-order valence-electron chi connectivity index (χ0n) is 15.2. The fourth-order valence-corrected chi connectivity index (χ4v) is 3.40. The highest BCUT2D eigenvalue weighted by molar-refractivity contribution is 5.92. The lowest BCUT2D eigenvalue weighted by Crippen LogP contribution is -2.45. The molecule has 1 unspecified atom stereocenters. The van der Waals surface area contributed by atoms with Crippen LogP contribution in [-0.2, 0) is 11.3 Å². The number of ether oxygens (including phenoxy) is 1. The molecule has 1 aliphatic heterocycles. The fraction of sp³-hybridized carbons (Fsp3) is 0.400. The lowest BCUT2D eigenvalue weighted by atomic mass is 9.96. The number of benzene rings is 1. The molecule has 0 bridgehead atoms. The minimum Gasteiger partial charge on any atom is -0.496 e. The molecular formula is C20H24N2O4. The molecule has 3 rings (SSSR count). The number of likely N-dealkylation sites (tertiary alicyclic amines) is 1. The Morgan fingerprint density at radius 3 is 2.81 bits per heavy atom. The van der Waals surface area contributed by atoms with Crippen molar-refractivity contribution in [1.29, 1.82) is 0 Å². The molecule has 0 spiro atoms. The molecule has 1 fully saturated rings. The molecular weight excluding hydrogens is 332 g/mol. The van der Waals surface area contributed by atoms with Gasteiger partial charge in [0.2, 0.25) is 5.91 Å². The Morgan fingerprint density at radius 2 is 2.08 bits per heavy atom. The van der Waals surface area contributed by atoms with Crippen LogP contribution in [-0.4, -0.2) is 48.9 Å². The largest absolute Gasteiger partial charge is 0.496 e. The Labute approximate surface area is 153 Å². The van der Waals surface area contributed by atoms with Crippen molar-refractivity contribution < 1.29 is 18.7 Å². The van der Waals surface area contributed by atoms with Gasteiger partial charge in [0.25, 0.3) is 5.91 Å². The van der Waals surface area contributed by atoms with Crippen LogP contribution in [0.5, 0.6) is 5.75 Å². The standard InChI is InChI=1S/C20H24N2O4/c1-21(13-15-7-3-4-9-17(15)25-2)19(23)16-8-5-11-22(14-16)20(24)18-10-6-12-26-18/h3-4,6-7,9-10,12,16H,5,8,11,13-14H2,1-2H3. The summed E-state index contributed by atoms with van der Waals surface area (Å²) in [5.41, 5.74) is 0.963. The minimum atomic E-state index is -0.192. The maximum absolute atomic E-state index is 12.9. The molecule has 138 valence electrons. The van der Waals surface area contributed by atoms with Gasteiger partial charge in [-0.15, -0.1) is 0 Å². The molecule has 0 N–H and O–H groups in total. The normalized spacial score (nSPS) is 17.0. The predicted octanol–water partition coefficient (Wildman–Crippen LogP) is 2.80. The van der Waals surface area contributed by atoms with Gasteiger partial charge in [-0.2, -0.15) is 0 Å². The summed E-state index contributed by atoms with van der Waals surface area (Å²) in [6.07, 6.45) is 3.09. The van der Waals surface area contributed by atoms with Crippen LogP contribution in [0.2, 0.25) is 0 Å². The Bertz CT molecular complexity index is 757. The first kappa shape index (κ1) is 18.0. The van der Waals surface area contributed by atoms with E-state index in [1.807, 2.05) is 24.3 Å². The van der Waals surface area contributed by atoms with Crippen molar-refractivity contribution in [3.63, 3.8) is 0 Å². The summed E-state index contributed by atoms with van der Waals surface area (Å²) in [6.45, 7) is 1.56. The van der Waals surface area contributed by atoms with Crippen LogP contribution in [0.1, 0.15) is 29.0 Å². The maximum atomic E-state index is 12.9. The SMILES string of the molecule is COc1ccccc1CN(C)C(=O)C1CCCN(C(=O)c2ccco2)C1. The van der Waals surface area contributed by atoms with E-state index >= 15 is 0 Å². The maximum Gasteiger partial charge on any atom is 0.289 e. The molecule has 0 aliphatic carbocycles. The molecule has 1 saturated heterocycles. The predicted molar refractivity (Wildman–Crippen MR) is 96.8 cm³/mol. The zero-order valence-corrected chi connectivity index (χ0v) is 15.2. The molecule has 1 aromatic heterocycles. The smallest absolute Gasteiger partial charge is 0.289 e. The molecule has 6 heteroatoms. The first-order chi connectivity index (χ1) is 12.6. The fourth-order valence-electron chi connectivity index (χ4n) is 3.40. The molecule has 6 nitrogen and oxygen atoms in total. The third-order valence-electron chi connectivity index (χ3n) is 4.77. The van der Waals surface area contributed by atoms with E-state index in [4.69, 9.17) is 9.15 Å². The van der Waals surface area contributed by atoms with E-state index in [1.54, 1.807) is 36.1 Å². The number of methoxy groups -OCH3 is 1. The van der Waals surface area contributed by atoms with E-state index in [2.05, 4.69) is 0 Å². The van der Waals surface area contributed by atoms with Gasteiger partial charge in [-0.05, 0) is 31.0 Å². The highest BCUT2D eigenvalue weighted by Crippen LogP contribution is 2.23. The minimum absolute atomic E-state index is 0.0489. The summed E-state index contributed by atoms with van der Waals surface area (Å²) in [5.74, 6) is 0.793. The number of furan rings is 1. The van der Waals surface area contributed by atoms with Gasteiger partial charge in [0, 0.05) is 32.2 Å². The molecule has 1 atom stereocenters. The second-order valence-corrected chi connectivity index (χ2v) is 6.57. The number of amides is 2. The first-order valence-electron chi connectivity index (χ1n) is 8.79. The summed E-state index contributed by atoms with van der Waals surface area (Å²) in [6, 6.07) is 11.0. The van der Waals surface area contributed by atoms with Gasteiger partial charge >= 0.3 is 0 Å². The summed E-state index contributed by atoms with van der Waals surface area (Å²) in [4.78, 5) is 28.8. The summed E-state index contributed by atoms with van der Waals surface area (Å²) < 4.78 is 10.6. The second-order valence-electron chi connectivity index (χ2n) is 6.57. The Morgan fingerprint density at radius 1 is 1.27 bits per heavy atom. The van der Waals surface area contributed by atoms with Crippen LogP contribution in [0, 0.1) is 5.92 Å². The average Bonchev–Trinajstić information content (AvgIpc) is 3.22.